The molecule has 1 aromatic carbocycles. The molecule has 0 aliphatic heterocycles. The monoisotopic (exact) mass is 284 g/mol. The Morgan fingerprint density at radius 3 is 2.21 bits per heavy atom. The van der Waals surface area contributed by atoms with Gasteiger partial charge in [-0.3, -0.25) is 4.79 Å². The Bertz CT molecular complexity index is 542. The predicted octanol–water partition coefficient (Wildman–Crippen LogP) is 0.834. The van der Waals surface area contributed by atoms with Crippen LogP contribution in [0.4, 0.5) is 0 Å². The van der Waals surface area contributed by atoms with Gasteiger partial charge in [0.05, 0.1) is 4.90 Å². The number of nitrogens with one attached hydrogen (secondary N) is 1. The molecule has 0 unspecified atom stereocenters. The molecule has 0 fully saturated rings. The topological polar surface area (TPSA) is 89.3 Å². The number of sulfone groups is 1. The van der Waals surface area contributed by atoms with Crippen molar-refractivity contribution in [3.8, 4) is 0 Å². The van der Waals surface area contributed by atoms with Crippen LogP contribution < -0.4 is 11.1 Å². The van der Waals surface area contributed by atoms with E-state index in [2.05, 4.69) is 5.32 Å². The predicted molar refractivity (Wildman–Crippen MR) is 74.3 cm³/mol. The summed E-state index contributed by atoms with van der Waals surface area (Å²) in [4.78, 5) is 11.8. The maximum Gasteiger partial charge on any atom is 0.222 e. The number of carbonyl (C=O) groups excluding carboxylic acids is 1. The van der Waals surface area contributed by atoms with Crippen molar-refractivity contribution in [3.05, 3.63) is 29.8 Å². The van der Waals surface area contributed by atoms with Gasteiger partial charge < -0.3 is 11.1 Å². The quantitative estimate of drug-likeness (QED) is 0.838. The van der Waals surface area contributed by atoms with Crippen LogP contribution in [0.15, 0.2) is 29.2 Å². The lowest BCUT2D eigenvalue weighted by molar-refractivity contribution is -0.122. The van der Waals surface area contributed by atoms with Crippen molar-refractivity contribution in [2.75, 3.05) is 6.26 Å². The van der Waals surface area contributed by atoms with Gasteiger partial charge in [-0.15, -0.1) is 0 Å². The first kappa shape index (κ1) is 15.7. The zero-order valence-corrected chi connectivity index (χ0v) is 12.3. The molecule has 0 radical (unpaired) electrons. The van der Waals surface area contributed by atoms with Crippen LogP contribution in [0, 0.1) is 0 Å². The molecule has 1 amide bonds. The van der Waals surface area contributed by atoms with Gasteiger partial charge in [0.25, 0.3) is 0 Å². The molecule has 3 N–H and O–H groups in total. The summed E-state index contributed by atoms with van der Waals surface area (Å²) in [6, 6.07) is 6.43. The fraction of sp³-hybridized carbons (Fsp3) is 0.462. The molecule has 0 aliphatic rings. The van der Waals surface area contributed by atoms with Crippen molar-refractivity contribution in [1.82, 2.24) is 5.32 Å². The van der Waals surface area contributed by atoms with Crippen LogP contribution in [-0.4, -0.2) is 26.1 Å². The van der Waals surface area contributed by atoms with E-state index in [4.69, 9.17) is 5.73 Å². The van der Waals surface area contributed by atoms with E-state index in [0.717, 1.165) is 11.8 Å². The van der Waals surface area contributed by atoms with Gasteiger partial charge in [0.1, 0.15) is 0 Å². The van der Waals surface area contributed by atoms with Crippen molar-refractivity contribution < 1.29 is 13.2 Å². The molecule has 0 aromatic heterocycles. The van der Waals surface area contributed by atoms with E-state index in [1.807, 2.05) is 0 Å². The molecule has 0 saturated carbocycles. The maximum atomic E-state index is 11.6. The van der Waals surface area contributed by atoms with Crippen LogP contribution in [0.1, 0.15) is 25.8 Å². The highest BCUT2D eigenvalue weighted by atomic mass is 32.2. The minimum absolute atomic E-state index is 0.125. The molecule has 0 saturated heterocycles. The van der Waals surface area contributed by atoms with Crippen LogP contribution in [0.25, 0.3) is 0 Å². The standard InChI is InChI=1S/C13H20N2O3S/c1-13(2,14)8-12(16)15-9-10-4-6-11(7-5-10)19(3,17)18/h4-7H,8-9,14H2,1-3H3,(H,15,16). The summed E-state index contributed by atoms with van der Waals surface area (Å²) < 4.78 is 22.6. The number of carbonyl (C=O) groups is 1. The molecule has 1 aromatic rings. The lowest BCUT2D eigenvalue weighted by Gasteiger charge is -2.17. The van der Waals surface area contributed by atoms with E-state index in [1.165, 1.54) is 12.1 Å². The highest BCUT2D eigenvalue weighted by molar-refractivity contribution is 7.90. The number of hydrogen-bond acceptors (Lipinski definition) is 4. The van der Waals surface area contributed by atoms with E-state index in [0.29, 0.717) is 6.54 Å². The van der Waals surface area contributed by atoms with Gasteiger partial charge in [-0.05, 0) is 31.5 Å². The van der Waals surface area contributed by atoms with Crippen LogP contribution in [0.5, 0.6) is 0 Å². The fourth-order valence-corrected chi connectivity index (χ4v) is 2.16. The van der Waals surface area contributed by atoms with E-state index in [-0.39, 0.29) is 17.2 Å². The summed E-state index contributed by atoms with van der Waals surface area (Å²) >= 11 is 0. The van der Waals surface area contributed by atoms with E-state index in [1.54, 1.807) is 26.0 Å². The Morgan fingerprint density at radius 1 is 1.26 bits per heavy atom. The van der Waals surface area contributed by atoms with Gasteiger partial charge >= 0.3 is 0 Å². The average molecular weight is 284 g/mol. The fourth-order valence-electron chi connectivity index (χ4n) is 1.53. The second-order valence-corrected chi connectivity index (χ2v) is 7.37. The molecule has 0 atom stereocenters. The molecule has 0 heterocycles. The first-order valence-corrected chi connectivity index (χ1v) is 7.82. The van der Waals surface area contributed by atoms with E-state index < -0.39 is 15.4 Å². The van der Waals surface area contributed by atoms with Gasteiger partial charge in [0.2, 0.25) is 5.91 Å². The van der Waals surface area contributed by atoms with Crippen LogP contribution >= 0.6 is 0 Å². The number of amides is 1. The molecule has 0 spiro atoms. The minimum Gasteiger partial charge on any atom is -0.352 e. The molecule has 0 aliphatic carbocycles. The Hall–Kier alpha value is -1.40. The van der Waals surface area contributed by atoms with Gasteiger partial charge in [-0.25, -0.2) is 8.42 Å². The number of rotatable bonds is 5. The second-order valence-electron chi connectivity index (χ2n) is 5.36. The summed E-state index contributed by atoms with van der Waals surface area (Å²) in [5, 5.41) is 2.75. The van der Waals surface area contributed by atoms with Crippen molar-refractivity contribution in [1.29, 1.82) is 0 Å². The van der Waals surface area contributed by atoms with Gasteiger partial charge in [-0.2, -0.15) is 0 Å². The van der Waals surface area contributed by atoms with Crippen LogP contribution in [0.3, 0.4) is 0 Å². The molecular formula is C13H20N2O3S. The van der Waals surface area contributed by atoms with Crippen LogP contribution in [-0.2, 0) is 21.2 Å². The molecule has 0 bridgehead atoms. The smallest absolute Gasteiger partial charge is 0.222 e. The molecule has 106 valence electrons. The van der Waals surface area contributed by atoms with Gasteiger partial charge in [0, 0.05) is 24.8 Å². The Balaban J connectivity index is 2.58. The number of benzene rings is 1. The SMILES string of the molecule is CC(C)(N)CC(=O)NCc1ccc(S(C)(=O)=O)cc1. The summed E-state index contributed by atoms with van der Waals surface area (Å²) in [5.74, 6) is -0.125. The van der Waals surface area contributed by atoms with Crippen molar-refractivity contribution >= 4 is 15.7 Å². The lowest BCUT2D eigenvalue weighted by Crippen LogP contribution is -2.38. The highest BCUT2D eigenvalue weighted by Crippen LogP contribution is 2.10. The molecule has 19 heavy (non-hydrogen) atoms. The largest absolute Gasteiger partial charge is 0.352 e. The van der Waals surface area contributed by atoms with E-state index in [9.17, 15) is 13.2 Å². The number of nitrogens with two attached hydrogens (primary N) is 1. The molecule has 6 heteroatoms. The summed E-state index contributed by atoms with van der Waals surface area (Å²) in [5.41, 5.74) is 6.05. The molecule has 5 nitrogen and oxygen atoms in total. The zero-order chi connectivity index (χ0) is 14.7. The molecule has 1 rings (SSSR count). The first-order valence-electron chi connectivity index (χ1n) is 5.92. The second kappa shape index (κ2) is 5.71. The average Bonchev–Trinajstić information content (AvgIpc) is 2.23. The zero-order valence-electron chi connectivity index (χ0n) is 11.4. The molecular weight excluding hydrogens is 264 g/mol. The van der Waals surface area contributed by atoms with Crippen LogP contribution in [0.2, 0.25) is 0 Å². The van der Waals surface area contributed by atoms with E-state index >= 15 is 0 Å². The third kappa shape index (κ3) is 5.85. The summed E-state index contributed by atoms with van der Waals surface area (Å²) in [6.07, 6.45) is 1.40. The maximum absolute atomic E-state index is 11.6. The summed E-state index contributed by atoms with van der Waals surface area (Å²) in [7, 11) is -3.18. The minimum atomic E-state index is -3.18. The number of hydrogen-bond donors (Lipinski definition) is 2. The van der Waals surface area contributed by atoms with Crippen molar-refractivity contribution in [2.24, 2.45) is 5.73 Å². The third-order valence-electron chi connectivity index (χ3n) is 2.46. The Morgan fingerprint density at radius 2 is 1.79 bits per heavy atom. The summed E-state index contributed by atoms with van der Waals surface area (Å²) in [6.45, 7) is 3.93. The first-order chi connectivity index (χ1) is 8.58. The van der Waals surface area contributed by atoms with Gasteiger partial charge in [-0.1, -0.05) is 12.1 Å². The lowest BCUT2D eigenvalue weighted by atomic mass is 10.0. The Kier molecular flexibility index (Phi) is 4.70. The van der Waals surface area contributed by atoms with Gasteiger partial charge in [0.15, 0.2) is 9.84 Å². The third-order valence-corrected chi connectivity index (χ3v) is 3.59. The Labute approximate surface area is 114 Å². The highest BCUT2D eigenvalue weighted by Gasteiger charge is 2.15. The normalized spacial score (nSPS) is 12.2. The van der Waals surface area contributed by atoms with Crippen molar-refractivity contribution in [3.63, 3.8) is 0 Å². The van der Waals surface area contributed by atoms with Crippen molar-refractivity contribution in [2.45, 2.75) is 37.2 Å².